The zero-order chi connectivity index (χ0) is 23.9. The van der Waals surface area contributed by atoms with E-state index in [1.54, 1.807) is 0 Å². The minimum atomic E-state index is 0.0421. The maximum atomic E-state index is 13.3. The Hall–Kier alpha value is -2.02. The first-order chi connectivity index (χ1) is 16.5. The monoisotopic (exact) mass is 485 g/mol. The Kier molecular flexibility index (Phi) is 8.92. The minimum absolute atomic E-state index is 0.0421. The van der Waals surface area contributed by atoms with Crippen LogP contribution in [-0.4, -0.2) is 77.4 Å². The maximum absolute atomic E-state index is 13.3. The molecule has 4 rings (SSSR count). The van der Waals surface area contributed by atoms with Gasteiger partial charge < -0.3 is 14.7 Å². The van der Waals surface area contributed by atoms with Crippen LogP contribution in [0.2, 0.25) is 0 Å². The van der Waals surface area contributed by atoms with Crippen LogP contribution in [0.15, 0.2) is 29.2 Å². The van der Waals surface area contributed by atoms with E-state index in [0.717, 1.165) is 56.5 Å². The Morgan fingerprint density at radius 2 is 1.56 bits per heavy atom. The first kappa shape index (κ1) is 25.1. The number of piperidine rings is 1. The summed E-state index contributed by atoms with van der Waals surface area (Å²) in [5.74, 6) is 1.20. The standard InChI is InChI=1S/C27H39N3O3S/c1-28(22-9-3-2-4-10-22)26(32)20-34-24-12-6-5-11-23(24)27(33)30-17-13-21(14-18-30)19-25(31)29-15-7-8-16-29/h5-6,11-12,21-22H,2-4,7-10,13-20H2,1H3. The smallest absolute Gasteiger partial charge is 0.254 e. The second-order valence-electron chi connectivity index (χ2n) is 10.1. The molecule has 6 nitrogen and oxygen atoms in total. The number of hydrogen-bond donors (Lipinski definition) is 0. The number of benzene rings is 1. The van der Waals surface area contributed by atoms with E-state index in [0.29, 0.717) is 42.8 Å². The highest BCUT2D eigenvalue weighted by Gasteiger charge is 2.29. The molecule has 3 amide bonds. The third-order valence-corrected chi connectivity index (χ3v) is 8.87. The predicted octanol–water partition coefficient (Wildman–Crippen LogP) is 4.43. The van der Waals surface area contributed by atoms with Gasteiger partial charge in [-0.15, -0.1) is 11.8 Å². The van der Waals surface area contributed by atoms with Gasteiger partial charge in [-0.3, -0.25) is 14.4 Å². The highest BCUT2D eigenvalue weighted by molar-refractivity contribution is 8.00. The molecule has 7 heteroatoms. The number of hydrogen-bond acceptors (Lipinski definition) is 4. The molecule has 0 aromatic heterocycles. The van der Waals surface area contributed by atoms with Crippen molar-refractivity contribution >= 4 is 29.5 Å². The van der Waals surface area contributed by atoms with E-state index in [9.17, 15) is 14.4 Å². The molecule has 1 saturated carbocycles. The Bertz CT molecular complexity index is 856. The van der Waals surface area contributed by atoms with Crippen LogP contribution in [0.4, 0.5) is 0 Å². The number of carbonyl (C=O) groups excluding carboxylic acids is 3. The lowest BCUT2D eigenvalue weighted by Crippen LogP contribution is -2.40. The molecule has 2 aliphatic heterocycles. The molecule has 3 aliphatic rings. The van der Waals surface area contributed by atoms with E-state index in [1.165, 1.54) is 31.0 Å². The molecule has 34 heavy (non-hydrogen) atoms. The Morgan fingerprint density at radius 1 is 0.882 bits per heavy atom. The molecule has 3 fully saturated rings. The van der Waals surface area contributed by atoms with Crippen molar-refractivity contribution in [2.45, 2.75) is 75.1 Å². The number of rotatable bonds is 7. The average Bonchev–Trinajstić information content (AvgIpc) is 3.43. The normalized spacial score (nSPS) is 19.9. The van der Waals surface area contributed by atoms with E-state index in [-0.39, 0.29) is 17.7 Å². The van der Waals surface area contributed by atoms with Gasteiger partial charge in [0.1, 0.15) is 0 Å². The van der Waals surface area contributed by atoms with E-state index in [2.05, 4.69) is 0 Å². The van der Waals surface area contributed by atoms with Crippen LogP contribution in [-0.2, 0) is 9.59 Å². The van der Waals surface area contributed by atoms with Gasteiger partial charge in [0.15, 0.2) is 0 Å². The Morgan fingerprint density at radius 3 is 2.26 bits per heavy atom. The molecule has 2 heterocycles. The number of amides is 3. The summed E-state index contributed by atoms with van der Waals surface area (Å²) in [6, 6.07) is 8.02. The number of likely N-dealkylation sites (tertiary alicyclic amines) is 2. The molecule has 1 aliphatic carbocycles. The van der Waals surface area contributed by atoms with Crippen LogP contribution >= 0.6 is 11.8 Å². The van der Waals surface area contributed by atoms with E-state index < -0.39 is 0 Å². The summed E-state index contributed by atoms with van der Waals surface area (Å²) < 4.78 is 0. The second-order valence-corrected chi connectivity index (χ2v) is 11.1. The van der Waals surface area contributed by atoms with E-state index in [4.69, 9.17) is 0 Å². The van der Waals surface area contributed by atoms with Crippen LogP contribution < -0.4 is 0 Å². The third kappa shape index (κ3) is 6.35. The van der Waals surface area contributed by atoms with Crippen LogP contribution in [0.25, 0.3) is 0 Å². The van der Waals surface area contributed by atoms with Gasteiger partial charge in [0.2, 0.25) is 11.8 Å². The van der Waals surface area contributed by atoms with Crippen molar-refractivity contribution in [2.24, 2.45) is 5.92 Å². The topological polar surface area (TPSA) is 60.9 Å². The molecule has 0 bridgehead atoms. The fraction of sp³-hybridized carbons (Fsp3) is 0.667. The third-order valence-electron chi connectivity index (χ3n) is 7.81. The second kappa shape index (κ2) is 12.1. The molecule has 1 aromatic rings. The molecule has 186 valence electrons. The largest absolute Gasteiger partial charge is 0.343 e. The predicted molar refractivity (Wildman–Crippen MR) is 136 cm³/mol. The van der Waals surface area contributed by atoms with Gasteiger partial charge in [0, 0.05) is 50.6 Å². The molecule has 0 atom stereocenters. The van der Waals surface area contributed by atoms with Crippen LogP contribution in [0.3, 0.4) is 0 Å². The van der Waals surface area contributed by atoms with Crippen LogP contribution in [0.5, 0.6) is 0 Å². The van der Waals surface area contributed by atoms with Gasteiger partial charge in [-0.25, -0.2) is 0 Å². The molecule has 0 radical (unpaired) electrons. The number of carbonyl (C=O) groups is 3. The Balaban J connectivity index is 1.28. The number of thioether (sulfide) groups is 1. The van der Waals surface area contributed by atoms with Crippen molar-refractivity contribution in [2.75, 3.05) is 39.0 Å². The van der Waals surface area contributed by atoms with Crippen molar-refractivity contribution in [3.8, 4) is 0 Å². The van der Waals surface area contributed by atoms with Gasteiger partial charge in [0.25, 0.3) is 5.91 Å². The molecule has 0 unspecified atom stereocenters. The lowest BCUT2D eigenvalue weighted by Gasteiger charge is -2.33. The first-order valence-corrected chi connectivity index (χ1v) is 14.1. The molecule has 0 spiro atoms. The zero-order valence-corrected chi connectivity index (χ0v) is 21.4. The summed E-state index contributed by atoms with van der Waals surface area (Å²) in [7, 11) is 1.93. The number of nitrogens with zero attached hydrogens (tertiary/aromatic N) is 3. The molecule has 1 aromatic carbocycles. The summed E-state index contributed by atoms with van der Waals surface area (Å²) >= 11 is 1.47. The highest BCUT2D eigenvalue weighted by atomic mass is 32.2. The van der Waals surface area contributed by atoms with Crippen molar-refractivity contribution in [1.29, 1.82) is 0 Å². The van der Waals surface area contributed by atoms with Crippen LogP contribution in [0, 0.1) is 5.92 Å². The maximum Gasteiger partial charge on any atom is 0.254 e. The summed E-state index contributed by atoms with van der Waals surface area (Å²) in [5.41, 5.74) is 0.687. The van der Waals surface area contributed by atoms with Gasteiger partial charge in [-0.2, -0.15) is 0 Å². The zero-order valence-electron chi connectivity index (χ0n) is 20.5. The summed E-state index contributed by atoms with van der Waals surface area (Å²) in [5, 5.41) is 0. The molecule has 2 saturated heterocycles. The Labute approximate surface area is 208 Å². The van der Waals surface area contributed by atoms with Crippen molar-refractivity contribution < 1.29 is 14.4 Å². The molecular formula is C27H39N3O3S. The van der Waals surface area contributed by atoms with Gasteiger partial charge in [-0.05, 0) is 56.6 Å². The van der Waals surface area contributed by atoms with Crippen LogP contribution in [0.1, 0.15) is 74.6 Å². The summed E-state index contributed by atoms with van der Waals surface area (Å²) in [6.07, 6.45) is 10.5. The lowest BCUT2D eigenvalue weighted by atomic mass is 9.92. The van der Waals surface area contributed by atoms with Crippen molar-refractivity contribution in [3.05, 3.63) is 29.8 Å². The summed E-state index contributed by atoms with van der Waals surface area (Å²) in [4.78, 5) is 45.3. The van der Waals surface area contributed by atoms with Gasteiger partial charge >= 0.3 is 0 Å². The van der Waals surface area contributed by atoms with E-state index in [1.807, 2.05) is 46.0 Å². The van der Waals surface area contributed by atoms with Crippen molar-refractivity contribution in [3.63, 3.8) is 0 Å². The van der Waals surface area contributed by atoms with Gasteiger partial charge in [0.05, 0.1) is 11.3 Å². The van der Waals surface area contributed by atoms with Gasteiger partial charge in [-0.1, -0.05) is 31.4 Å². The first-order valence-electron chi connectivity index (χ1n) is 13.1. The minimum Gasteiger partial charge on any atom is -0.343 e. The molecular weight excluding hydrogens is 446 g/mol. The highest BCUT2D eigenvalue weighted by Crippen LogP contribution is 2.29. The van der Waals surface area contributed by atoms with E-state index >= 15 is 0 Å². The summed E-state index contributed by atoms with van der Waals surface area (Å²) in [6.45, 7) is 3.20. The fourth-order valence-corrected chi connectivity index (χ4v) is 6.50. The average molecular weight is 486 g/mol. The lowest BCUT2D eigenvalue weighted by molar-refractivity contribution is -0.131. The van der Waals surface area contributed by atoms with Crippen molar-refractivity contribution in [1.82, 2.24) is 14.7 Å². The molecule has 0 N–H and O–H groups in total. The quantitative estimate of drug-likeness (QED) is 0.536. The SMILES string of the molecule is CN(C(=O)CSc1ccccc1C(=O)N1CCC(CC(=O)N2CCCC2)CC1)C1CCCCC1. The fourth-order valence-electron chi connectivity index (χ4n) is 5.54.